The van der Waals surface area contributed by atoms with E-state index >= 15 is 0 Å². The fourth-order valence-corrected chi connectivity index (χ4v) is 3.68. The van der Waals surface area contributed by atoms with Crippen molar-refractivity contribution in [1.82, 2.24) is 10.6 Å². The summed E-state index contributed by atoms with van der Waals surface area (Å²) in [6.45, 7) is 1.93. The molecule has 0 atom stereocenters. The van der Waals surface area contributed by atoms with Gasteiger partial charge in [-0.15, -0.1) is 12.4 Å². The van der Waals surface area contributed by atoms with Crippen molar-refractivity contribution >= 4 is 18.3 Å². The van der Waals surface area contributed by atoms with Crippen molar-refractivity contribution in [2.45, 2.75) is 50.0 Å². The minimum absolute atomic E-state index is 0. The van der Waals surface area contributed by atoms with Crippen molar-refractivity contribution in [2.75, 3.05) is 13.1 Å². The van der Waals surface area contributed by atoms with E-state index in [9.17, 15) is 9.18 Å². The van der Waals surface area contributed by atoms with Gasteiger partial charge in [0.2, 0.25) is 5.91 Å². The molecule has 3 rings (SSSR count). The molecule has 1 aliphatic carbocycles. The predicted octanol–water partition coefficient (Wildman–Crippen LogP) is 2.93. The first-order chi connectivity index (χ1) is 10.2. The molecule has 0 aromatic heterocycles. The maximum atomic E-state index is 13.2. The third-order valence-corrected chi connectivity index (χ3v) is 4.96. The van der Waals surface area contributed by atoms with E-state index in [1.54, 1.807) is 12.1 Å². The Morgan fingerprint density at radius 1 is 1.14 bits per heavy atom. The largest absolute Gasteiger partial charge is 0.353 e. The van der Waals surface area contributed by atoms with Crippen LogP contribution in [-0.4, -0.2) is 25.0 Å². The second-order valence-electron chi connectivity index (χ2n) is 6.29. The maximum absolute atomic E-state index is 13.2. The molecule has 0 radical (unpaired) electrons. The molecule has 3 nitrogen and oxygen atoms in total. The van der Waals surface area contributed by atoms with Crippen LogP contribution in [0.25, 0.3) is 0 Å². The molecule has 0 bridgehead atoms. The monoisotopic (exact) mass is 326 g/mol. The summed E-state index contributed by atoms with van der Waals surface area (Å²) in [6, 6.07) is 6.77. The van der Waals surface area contributed by atoms with Crippen molar-refractivity contribution in [2.24, 2.45) is 0 Å². The smallest absolute Gasteiger partial charge is 0.230 e. The van der Waals surface area contributed by atoms with Gasteiger partial charge in [0, 0.05) is 6.04 Å². The third-order valence-electron chi connectivity index (χ3n) is 4.96. The van der Waals surface area contributed by atoms with Gasteiger partial charge in [-0.1, -0.05) is 25.0 Å². The van der Waals surface area contributed by atoms with Gasteiger partial charge in [-0.05, 0) is 56.5 Å². The number of rotatable bonds is 3. The van der Waals surface area contributed by atoms with Crippen molar-refractivity contribution in [1.29, 1.82) is 0 Å². The number of hydrogen-bond acceptors (Lipinski definition) is 2. The van der Waals surface area contributed by atoms with Crippen LogP contribution in [0, 0.1) is 5.82 Å². The Morgan fingerprint density at radius 2 is 1.73 bits per heavy atom. The zero-order valence-electron chi connectivity index (χ0n) is 12.7. The molecule has 1 saturated heterocycles. The van der Waals surface area contributed by atoms with E-state index in [1.807, 2.05) is 0 Å². The summed E-state index contributed by atoms with van der Waals surface area (Å²) in [5, 5.41) is 6.55. The van der Waals surface area contributed by atoms with E-state index < -0.39 is 5.41 Å². The Bertz CT molecular complexity index is 494. The van der Waals surface area contributed by atoms with Gasteiger partial charge in [0.05, 0.1) is 5.41 Å². The highest BCUT2D eigenvalue weighted by atomic mass is 35.5. The van der Waals surface area contributed by atoms with Gasteiger partial charge in [0.15, 0.2) is 0 Å². The molecule has 22 heavy (non-hydrogen) atoms. The van der Waals surface area contributed by atoms with Gasteiger partial charge in [0.25, 0.3) is 0 Å². The summed E-state index contributed by atoms with van der Waals surface area (Å²) in [5.74, 6) is -0.107. The van der Waals surface area contributed by atoms with Crippen LogP contribution >= 0.6 is 12.4 Å². The SMILES string of the molecule is Cl.O=C(NC1CCNCC1)C1(c2ccc(F)cc2)CCCC1. The Hall–Kier alpha value is -1.13. The van der Waals surface area contributed by atoms with Gasteiger partial charge in [0.1, 0.15) is 5.82 Å². The molecule has 0 unspecified atom stereocenters. The highest BCUT2D eigenvalue weighted by molar-refractivity contribution is 5.88. The first kappa shape index (κ1) is 17.2. The van der Waals surface area contributed by atoms with Crippen LogP contribution < -0.4 is 10.6 Å². The number of nitrogens with one attached hydrogen (secondary N) is 2. The lowest BCUT2D eigenvalue weighted by Gasteiger charge is -2.32. The molecule has 1 aromatic carbocycles. The Morgan fingerprint density at radius 3 is 2.32 bits per heavy atom. The Labute approximate surface area is 137 Å². The molecule has 0 spiro atoms. The van der Waals surface area contributed by atoms with E-state index in [1.165, 1.54) is 12.1 Å². The van der Waals surface area contributed by atoms with Crippen LogP contribution in [0.2, 0.25) is 0 Å². The second kappa shape index (κ2) is 7.42. The first-order valence-electron chi connectivity index (χ1n) is 7.98. The van der Waals surface area contributed by atoms with Gasteiger partial charge in [-0.2, -0.15) is 0 Å². The molecule has 1 heterocycles. The number of carbonyl (C=O) groups is 1. The standard InChI is InChI=1S/C17H23FN2O.ClH/c18-14-5-3-13(4-6-14)17(9-1-2-10-17)16(21)20-15-7-11-19-12-8-15;/h3-6,15,19H,1-2,7-12H2,(H,20,21);1H. The second-order valence-corrected chi connectivity index (χ2v) is 6.29. The average Bonchev–Trinajstić information content (AvgIpc) is 3.00. The molecule has 1 aliphatic heterocycles. The third kappa shape index (κ3) is 3.44. The first-order valence-corrected chi connectivity index (χ1v) is 7.98. The molecule has 1 aromatic rings. The minimum atomic E-state index is -0.446. The van der Waals surface area contributed by atoms with E-state index in [0.717, 1.165) is 57.2 Å². The van der Waals surface area contributed by atoms with Crippen LogP contribution in [0.1, 0.15) is 44.1 Å². The number of piperidine rings is 1. The molecule has 1 saturated carbocycles. The molecule has 122 valence electrons. The molecule has 5 heteroatoms. The number of carbonyl (C=O) groups excluding carboxylic acids is 1. The predicted molar refractivity (Wildman–Crippen MR) is 87.8 cm³/mol. The van der Waals surface area contributed by atoms with Gasteiger partial charge >= 0.3 is 0 Å². The molecule has 2 N–H and O–H groups in total. The zero-order valence-corrected chi connectivity index (χ0v) is 13.6. The lowest BCUT2D eigenvalue weighted by molar-refractivity contribution is -0.127. The summed E-state index contributed by atoms with van der Waals surface area (Å²) in [6.07, 6.45) is 5.86. The van der Waals surface area contributed by atoms with Crippen molar-refractivity contribution in [3.05, 3.63) is 35.6 Å². The van der Waals surface area contributed by atoms with Crippen LogP contribution in [0.15, 0.2) is 24.3 Å². The molecule has 1 amide bonds. The average molecular weight is 327 g/mol. The van der Waals surface area contributed by atoms with Crippen LogP contribution in [0.4, 0.5) is 4.39 Å². The Kier molecular flexibility index (Phi) is 5.81. The fraction of sp³-hybridized carbons (Fsp3) is 0.588. The lowest BCUT2D eigenvalue weighted by Crippen LogP contribution is -2.50. The van der Waals surface area contributed by atoms with Gasteiger partial charge in [-0.25, -0.2) is 4.39 Å². The summed E-state index contributed by atoms with van der Waals surface area (Å²) < 4.78 is 13.2. The lowest BCUT2D eigenvalue weighted by atomic mass is 9.77. The van der Waals surface area contributed by atoms with E-state index in [2.05, 4.69) is 10.6 Å². The van der Waals surface area contributed by atoms with Crippen molar-refractivity contribution in [3.63, 3.8) is 0 Å². The molecule has 2 aliphatic rings. The number of hydrogen-bond donors (Lipinski definition) is 2. The normalized spacial score (nSPS) is 21.1. The fourth-order valence-electron chi connectivity index (χ4n) is 3.68. The number of halogens is 2. The van der Waals surface area contributed by atoms with E-state index in [-0.39, 0.29) is 30.2 Å². The molecular weight excluding hydrogens is 303 g/mol. The quantitative estimate of drug-likeness (QED) is 0.896. The van der Waals surface area contributed by atoms with Gasteiger partial charge in [-0.3, -0.25) is 4.79 Å². The summed E-state index contributed by atoms with van der Waals surface area (Å²) in [5.41, 5.74) is 0.520. The van der Waals surface area contributed by atoms with Crippen molar-refractivity contribution < 1.29 is 9.18 Å². The van der Waals surface area contributed by atoms with E-state index in [0.29, 0.717) is 0 Å². The van der Waals surface area contributed by atoms with Crippen LogP contribution in [-0.2, 0) is 10.2 Å². The van der Waals surface area contributed by atoms with Crippen molar-refractivity contribution in [3.8, 4) is 0 Å². The highest BCUT2D eigenvalue weighted by Crippen LogP contribution is 2.41. The minimum Gasteiger partial charge on any atom is -0.353 e. The van der Waals surface area contributed by atoms with Crippen LogP contribution in [0.5, 0.6) is 0 Å². The number of amides is 1. The summed E-state index contributed by atoms with van der Waals surface area (Å²) in [4.78, 5) is 12.9. The van der Waals surface area contributed by atoms with E-state index in [4.69, 9.17) is 0 Å². The summed E-state index contributed by atoms with van der Waals surface area (Å²) in [7, 11) is 0. The summed E-state index contributed by atoms with van der Waals surface area (Å²) >= 11 is 0. The zero-order chi connectivity index (χ0) is 14.7. The topological polar surface area (TPSA) is 41.1 Å². The number of benzene rings is 1. The molecule has 2 fully saturated rings. The van der Waals surface area contributed by atoms with Gasteiger partial charge < -0.3 is 10.6 Å². The highest BCUT2D eigenvalue weighted by Gasteiger charge is 2.43. The molecular formula is C17H24ClFN2O. The maximum Gasteiger partial charge on any atom is 0.230 e. The Balaban J connectivity index is 0.00000176. The van der Waals surface area contributed by atoms with Crippen LogP contribution in [0.3, 0.4) is 0 Å².